The molecule has 0 spiro atoms. The van der Waals surface area contributed by atoms with Crippen molar-refractivity contribution in [1.29, 1.82) is 0 Å². The molecule has 1 aromatic heterocycles. The first-order chi connectivity index (χ1) is 13.7. The number of carbonyl (C=O) groups excluding carboxylic acids is 1. The SMILES string of the molecule is CN(CCn1ncc2ccccc2c1=O)CC(=O)c1ccc(NS(C)(=O)=O)cc1.Cl. The quantitative estimate of drug-likeness (QED) is 0.527. The summed E-state index contributed by atoms with van der Waals surface area (Å²) in [7, 11) is -1.56. The second kappa shape index (κ2) is 9.84. The third-order valence-corrected chi connectivity index (χ3v) is 4.99. The summed E-state index contributed by atoms with van der Waals surface area (Å²) in [6.07, 6.45) is 2.73. The summed E-state index contributed by atoms with van der Waals surface area (Å²) in [6, 6.07) is 13.5. The smallest absolute Gasteiger partial charge is 0.274 e. The van der Waals surface area contributed by atoms with Gasteiger partial charge in [0.05, 0.1) is 30.9 Å². The van der Waals surface area contributed by atoms with Crippen LogP contribution in [0.15, 0.2) is 59.5 Å². The molecular formula is C20H23ClN4O4S. The Hall–Kier alpha value is -2.75. The van der Waals surface area contributed by atoms with Gasteiger partial charge in [-0.15, -0.1) is 12.4 Å². The highest BCUT2D eigenvalue weighted by Crippen LogP contribution is 2.12. The van der Waals surface area contributed by atoms with E-state index in [-0.39, 0.29) is 30.3 Å². The van der Waals surface area contributed by atoms with Gasteiger partial charge in [-0.2, -0.15) is 5.10 Å². The van der Waals surface area contributed by atoms with Crippen LogP contribution >= 0.6 is 12.4 Å². The molecule has 0 aliphatic carbocycles. The lowest BCUT2D eigenvalue weighted by Crippen LogP contribution is -2.33. The number of anilines is 1. The number of nitrogens with one attached hydrogen (secondary N) is 1. The molecule has 8 nitrogen and oxygen atoms in total. The van der Waals surface area contributed by atoms with Gasteiger partial charge < -0.3 is 0 Å². The van der Waals surface area contributed by atoms with E-state index in [1.54, 1.807) is 43.6 Å². The van der Waals surface area contributed by atoms with Gasteiger partial charge in [0, 0.05) is 23.2 Å². The van der Waals surface area contributed by atoms with Crippen molar-refractivity contribution in [2.45, 2.75) is 6.54 Å². The highest BCUT2D eigenvalue weighted by molar-refractivity contribution is 7.92. The number of likely N-dealkylation sites (N-methyl/N-ethyl adjacent to an activating group) is 1. The van der Waals surface area contributed by atoms with Gasteiger partial charge in [-0.1, -0.05) is 18.2 Å². The molecular weight excluding hydrogens is 428 g/mol. The van der Waals surface area contributed by atoms with Crippen LogP contribution in [-0.2, 0) is 16.6 Å². The van der Waals surface area contributed by atoms with Crippen molar-refractivity contribution in [2.75, 3.05) is 31.1 Å². The van der Waals surface area contributed by atoms with Crippen LogP contribution in [0.2, 0.25) is 0 Å². The number of benzene rings is 2. The van der Waals surface area contributed by atoms with Crippen LogP contribution in [0.5, 0.6) is 0 Å². The summed E-state index contributed by atoms with van der Waals surface area (Å²) in [4.78, 5) is 26.7. The Balaban J connectivity index is 0.00000320. The van der Waals surface area contributed by atoms with Gasteiger partial charge in [0.25, 0.3) is 5.56 Å². The third kappa shape index (κ3) is 6.12. The molecule has 0 aliphatic heterocycles. The molecule has 0 amide bonds. The number of hydrogen-bond donors (Lipinski definition) is 1. The molecule has 0 aliphatic rings. The first kappa shape index (κ1) is 23.5. The van der Waals surface area contributed by atoms with Crippen LogP contribution in [0.4, 0.5) is 5.69 Å². The van der Waals surface area contributed by atoms with Gasteiger partial charge in [0.15, 0.2) is 5.78 Å². The average Bonchev–Trinajstić information content (AvgIpc) is 2.67. The van der Waals surface area contributed by atoms with Gasteiger partial charge in [0.1, 0.15) is 0 Å². The molecule has 30 heavy (non-hydrogen) atoms. The highest BCUT2D eigenvalue weighted by Gasteiger charge is 2.11. The maximum atomic E-state index is 12.5. The van der Waals surface area contributed by atoms with Gasteiger partial charge in [0.2, 0.25) is 10.0 Å². The number of nitrogens with zero attached hydrogens (tertiary/aromatic N) is 3. The highest BCUT2D eigenvalue weighted by atomic mass is 35.5. The Bertz CT molecular complexity index is 1190. The van der Waals surface area contributed by atoms with Crippen molar-refractivity contribution < 1.29 is 13.2 Å². The fourth-order valence-electron chi connectivity index (χ4n) is 2.91. The number of halogens is 1. The van der Waals surface area contributed by atoms with Gasteiger partial charge in [-0.25, -0.2) is 13.1 Å². The number of aromatic nitrogens is 2. The zero-order valence-corrected chi connectivity index (χ0v) is 18.2. The molecule has 0 fully saturated rings. The van der Waals surface area contributed by atoms with Crippen LogP contribution in [0.3, 0.4) is 0 Å². The van der Waals surface area contributed by atoms with Crippen molar-refractivity contribution in [1.82, 2.24) is 14.7 Å². The topological polar surface area (TPSA) is 101 Å². The molecule has 160 valence electrons. The van der Waals surface area contributed by atoms with E-state index in [0.29, 0.717) is 29.7 Å². The minimum absolute atomic E-state index is 0. The zero-order chi connectivity index (χ0) is 21.0. The Morgan fingerprint density at radius 1 is 1.13 bits per heavy atom. The van der Waals surface area contributed by atoms with E-state index in [9.17, 15) is 18.0 Å². The maximum absolute atomic E-state index is 12.5. The molecule has 0 radical (unpaired) electrons. The van der Waals surface area contributed by atoms with Gasteiger partial charge in [-0.05, 0) is 37.4 Å². The normalized spacial score (nSPS) is 11.3. The first-order valence-electron chi connectivity index (χ1n) is 8.97. The standard InChI is InChI=1S/C20H22N4O4S.ClH/c1-23(11-12-24-20(26)18-6-4-3-5-16(18)13-21-24)14-19(25)15-7-9-17(10-8-15)22-29(2,27)28;/h3-10,13,22H,11-12,14H2,1-2H3;1H. The van der Waals surface area contributed by atoms with E-state index in [1.165, 1.54) is 4.68 Å². The Morgan fingerprint density at radius 2 is 1.80 bits per heavy atom. The average molecular weight is 451 g/mol. The lowest BCUT2D eigenvalue weighted by molar-refractivity contribution is 0.0943. The molecule has 0 saturated carbocycles. The van der Waals surface area contributed by atoms with Gasteiger partial charge in [-0.3, -0.25) is 19.2 Å². The van der Waals surface area contributed by atoms with Crippen LogP contribution in [0.25, 0.3) is 10.8 Å². The number of Topliss-reactive ketones (excluding diaryl/α,β-unsaturated/α-hetero) is 1. The predicted molar refractivity (Wildman–Crippen MR) is 120 cm³/mol. The van der Waals surface area contributed by atoms with E-state index >= 15 is 0 Å². The lowest BCUT2D eigenvalue weighted by atomic mass is 10.1. The van der Waals surface area contributed by atoms with Crippen LogP contribution < -0.4 is 10.3 Å². The molecule has 10 heteroatoms. The third-order valence-electron chi connectivity index (χ3n) is 4.38. The second-order valence-electron chi connectivity index (χ2n) is 6.87. The summed E-state index contributed by atoms with van der Waals surface area (Å²) in [6.45, 7) is 1.01. The van der Waals surface area contributed by atoms with Crippen molar-refractivity contribution in [3.63, 3.8) is 0 Å². The van der Waals surface area contributed by atoms with Crippen molar-refractivity contribution in [3.05, 3.63) is 70.6 Å². The zero-order valence-electron chi connectivity index (χ0n) is 16.6. The Labute approximate surface area is 181 Å². The molecule has 0 unspecified atom stereocenters. The predicted octanol–water partition coefficient (Wildman–Crippen LogP) is 2.00. The number of ketones is 1. The number of hydrogen-bond acceptors (Lipinski definition) is 6. The molecule has 1 heterocycles. The largest absolute Gasteiger partial charge is 0.297 e. The Morgan fingerprint density at radius 3 is 2.47 bits per heavy atom. The molecule has 0 saturated heterocycles. The van der Waals surface area contributed by atoms with E-state index < -0.39 is 10.0 Å². The number of fused-ring (bicyclic) bond motifs is 1. The van der Waals surface area contributed by atoms with Crippen molar-refractivity contribution >= 4 is 44.7 Å². The number of sulfonamides is 1. The Kier molecular flexibility index (Phi) is 7.71. The number of carbonyl (C=O) groups is 1. The number of rotatable bonds is 8. The van der Waals surface area contributed by atoms with Crippen molar-refractivity contribution in [2.24, 2.45) is 0 Å². The molecule has 0 bridgehead atoms. The van der Waals surface area contributed by atoms with Crippen LogP contribution in [-0.4, -0.2) is 55.3 Å². The molecule has 0 atom stereocenters. The van der Waals surface area contributed by atoms with E-state index in [0.717, 1.165) is 11.6 Å². The van der Waals surface area contributed by atoms with E-state index in [2.05, 4.69) is 9.82 Å². The second-order valence-corrected chi connectivity index (χ2v) is 8.62. The fourth-order valence-corrected chi connectivity index (χ4v) is 3.47. The molecule has 2 aromatic carbocycles. The lowest BCUT2D eigenvalue weighted by Gasteiger charge is -2.16. The fraction of sp³-hybridized carbons (Fsp3) is 0.250. The molecule has 3 rings (SSSR count). The van der Waals surface area contributed by atoms with Crippen LogP contribution in [0, 0.1) is 0 Å². The van der Waals surface area contributed by atoms with E-state index in [4.69, 9.17) is 0 Å². The molecule has 1 N–H and O–H groups in total. The summed E-state index contributed by atoms with van der Waals surface area (Å²) in [5, 5.41) is 5.60. The summed E-state index contributed by atoms with van der Waals surface area (Å²) >= 11 is 0. The monoisotopic (exact) mass is 450 g/mol. The van der Waals surface area contributed by atoms with Gasteiger partial charge >= 0.3 is 0 Å². The summed E-state index contributed by atoms with van der Waals surface area (Å²) in [5.41, 5.74) is 0.729. The van der Waals surface area contributed by atoms with Crippen LogP contribution in [0.1, 0.15) is 10.4 Å². The van der Waals surface area contributed by atoms with E-state index in [1.807, 2.05) is 23.1 Å². The summed E-state index contributed by atoms with van der Waals surface area (Å²) < 4.78 is 26.2. The minimum Gasteiger partial charge on any atom is -0.297 e. The van der Waals surface area contributed by atoms with Crippen molar-refractivity contribution in [3.8, 4) is 0 Å². The molecule has 3 aromatic rings. The maximum Gasteiger partial charge on any atom is 0.274 e. The summed E-state index contributed by atoms with van der Waals surface area (Å²) in [5.74, 6) is -0.0998. The minimum atomic E-state index is -3.36. The first-order valence-corrected chi connectivity index (χ1v) is 10.9.